The van der Waals surface area contributed by atoms with Crippen molar-refractivity contribution in [2.75, 3.05) is 19.8 Å². The summed E-state index contributed by atoms with van der Waals surface area (Å²) in [7, 11) is 0. The Balaban J connectivity index is 2.36. The normalized spacial score (nSPS) is 12.4. The van der Waals surface area contributed by atoms with Crippen molar-refractivity contribution in [2.24, 2.45) is 0 Å². The lowest BCUT2D eigenvalue weighted by Crippen LogP contribution is -2.20. The second-order valence-electron chi connectivity index (χ2n) is 3.71. The zero-order valence-corrected chi connectivity index (χ0v) is 10.9. The van der Waals surface area contributed by atoms with Gasteiger partial charge in [-0.2, -0.15) is 0 Å². The van der Waals surface area contributed by atoms with Gasteiger partial charge in [-0.3, -0.25) is 4.79 Å². The second kappa shape index (κ2) is 7.43. The number of ketones is 1. The zero-order chi connectivity index (χ0) is 12.7. The van der Waals surface area contributed by atoms with Crippen LogP contribution in [-0.2, 0) is 9.47 Å². The maximum Gasteiger partial charge on any atom is 0.188 e. The van der Waals surface area contributed by atoms with Gasteiger partial charge in [0.2, 0.25) is 0 Å². The molecule has 0 aliphatic carbocycles. The Morgan fingerprint density at radius 1 is 1.35 bits per heavy atom. The summed E-state index contributed by atoms with van der Waals surface area (Å²) in [6, 6.07) is 6.78. The fourth-order valence-corrected chi connectivity index (χ4v) is 1.39. The van der Waals surface area contributed by atoms with Gasteiger partial charge in [0.25, 0.3) is 0 Å². The van der Waals surface area contributed by atoms with E-state index in [4.69, 9.17) is 21.1 Å². The number of halogens is 1. The minimum atomic E-state index is -0.0776. The molecule has 0 aromatic heterocycles. The molecular formula is C13H17ClO3. The van der Waals surface area contributed by atoms with Crippen molar-refractivity contribution in [3.05, 3.63) is 34.9 Å². The molecule has 17 heavy (non-hydrogen) atoms. The summed E-state index contributed by atoms with van der Waals surface area (Å²) >= 11 is 5.74. The summed E-state index contributed by atoms with van der Waals surface area (Å²) in [6.45, 7) is 5.02. The van der Waals surface area contributed by atoms with Crippen LogP contribution in [0.4, 0.5) is 0 Å². The van der Waals surface area contributed by atoms with Crippen molar-refractivity contribution in [2.45, 2.75) is 20.0 Å². The van der Waals surface area contributed by atoms with E-state index in [9.17, 15) is 4.79 Å². The number of ether oxygens (including phenoxy) is 2. The summed E-state index contributed by atoms with van der Waals surface area (Å²) < 4.78 is 10.6. The molecule has 0 spiro atoms. The molecule has 0 fully saturated rings. The molecule has 1 rings (SSSR count). The number of carbonyl (C=O) groups excluding carboxylic acids is 1. The van der Waals surface area contributed by atoms with Gasteiger partial charge in [-0.05, 0) is 38.1 Å². The largest absolute Gasteiger partial charge is 0.379 e. The molecule has 94 valence electrons. The van der Waals surface area contributed by atoms with Crippen molar-refractivity contribution < 1.29 is 14.3 Å². The molecule has 1 aromatic rings. The van der Waals surface area contributed by atoms with Crippen LogP contribution >= 0.6 is 11.6 Å². The van der Waals surface area contributed by atoms with E-state index in [0.29, 0.717) is 23.8 Å². The van der Waals surface area contributed by atoms with E-state index in [1.807, 2.05) is 13.8 Å². The first-order valence-electron chi connectivity index (χ1n) is 5.61. The van der Waals surface area contributed by atoms with Gasteiger partial charge in [0.1, 0.15) is 6.61 Å². The SMILES string of the molecule is CCOCC(C)OCC(=O)c1ccc(Cl)cc1. The van der Waals surface area contributed by atoms with E-state index in [1.165, 1.54) is 0 Å². The zero-order valence-electron chi connectivity index (χ0n) is 10.1. The molecule has 0 amide bonds. The standard InChI is InChI=1S/C13H17ClO3/c1-3-16-8-10(2)17-9-13(15)11-4-6-12(14)7-5-11/h4-7,10H,3,8-9H2,1-2H3. The lowest BCUT2D eigenvalue weighted by Gasteiger charge is -2.12. The molecule has 0 heterocycles. The molecule has 0 radical (unpaired) electrons. The van der Waals surface area contributed by atoms with Crippen LogP contribution in [0.5, 0.6) is 0 Å². The third kappa shape index (κ3) is 5.31. The minimum absolute atomic E-state index is 0.0509. The number of Topliss-reactive ketones (excluding diaryl/α,β-unsaturated/α-hetero) is 1. The lowest BCUT2D eigenvalue weighted by molar-refractivity contribution is 0.00116. The van der Waals surface area contributed by atoms with Crippen LogP contribution in [0.1, 0.15) is 24.2 Å². The molecule has 1 atom stereocenters. The lowest BCUT2D eigenvalue weighted by atomic mass is 10.1. The maximum absolute atomic E-state index is 11.7. The third-order valence-electron chi connectivity index (χ3n) is 2.22. The molecule has 0 N–H and O–H groups in total. The Bertz CT molecular complexity index is 348. The number of carbonyl (C=O) groups is 1. The summed E-state index contributed by atoms with van der Waals surface area (Å²) in [5.41, 5.74) is 0.609. The highest BCUT2D eigenvalue weighted by Crippen LogP contribution is 2.10. The van der Waals surface area contributed by atoms with Gasteiger partial charge >= 0.3 is 0 Å². The van der Waals surface area contributed by atoms with Crippen LogP contribution in [0.3, 0.4) is 0 Å². The van der Waals surface area contributed by atoms with Crippen LogP contribution in [0.15, 0.2) is 24.3 Å². The first-order valence-corrected chi connectivity index (χ1v) is 5.99. The van der Waals surface area contributed by atoms with Gasteiger partial charge in [0.05, 0.1) is 12.7 Å². The van der Waals surface area contributed by atoms with Crippen molar-refractivity contribution in [1.82, 2.24) is 0 Å². The van der Waals surface area contributed by atoms with Gasteiger partial charge < -0.3 is 9.47 Å². The summed E-state index contributed by atoms with van der Waals surface area (Å²) in [5, 5.41) is 0.618. The summed E-state index contributed by atoms with van der Waals surface area (Å²) in [5.74, 6) is -0.0509. The number of rotatable bonds is 7. The van der Waals surface area contributed by atoms with Crippen LogP contribution < -0.4 is 0 Å². The van der Waals surface area contributed by atoms with E-state index in [2.05, 4.69) is 0 Å². The highest BCUT2D eigenvalue weighted by molar-refractivity contribution is 6.30. The topological polar surface area (TPSA) is 35.5 Å². The quantitative estimate of drug-likeness (QED) is 0.704. The monoisotopic (exact) mass is 256 g/mol. The van der Waals surface area contributed by atoms with Crippen LogP contribution in [0, 0.1) is 0 Å². The van der Waals surface area contributed by atoms with E-state index >= 15 is 0 Å². The van der Waals surface area contributed by atoms with E-state index in [1.54, 1.807) is 24.3 Å². The van der Waals surface area contributed by atoms with Gasteiger partial charge in [0, 0.05) is 17.2 Å². The van der Waals surface area contributed by atoms with Gasteiger partial charge in [0.15, 0.2) is 5.78 Å². The van der Waals surface area contributed by atoms with E-state index in [0.717, 1.165) is 0 Å². The highest BCUT2D eigenvalue weighted by atomic mass is 35.5. The molecule has 0 saturated heterocycles. The van der Waals surface area contributed by atoms with Crippen molar-refractivity contribution in [3.63, 3.8) is 0 Å². The molecule has 0 bridgehead atoms. The van der Waals surface area contributed by atoms with Crippen LogP contribution in [-0.4, -0.2) is 31.7 Å². The van der Waals surface area contributed by atoms with Crippen molar-refractivity contribution in [1.29, 1.82) is 0 Å². The predicted octanol–water partition coefficient (Wildman–Crippen LogP) is 2.96. The van der Waals surface area contributed by atoms with Crippen LogP contribution in [0.25, 0.3) is 0 Å². The number of benzene rings is 1. The number of hydrogen-bond donors (Lipinski definition) is 0. The Hall–Kier alpha value is -0.900. The minimum Gasteiger partial charge on any atom is -0.379 e. The van der Waals surface area contributed by atoms with Gasteiger partial charge in [-0.15, -0.1) is 0 Å². The molecule has 3 nitrogen and oxygen atoms in total. The Morgan fingerprint density at radius 3 is 2.59 bits per heavy atom. The molecular weight excluding hydrogens is 240 g/mol. The summed E-state index contributed by atoms with van der Waals surface area (Å²) in [4.78, 5) is 11.7. The Morgan fingerprint density at radius 2 is 2.00 bits per heavy atom. The molecule has 0 aliphatic heterocycles. The Labute approximate surface area is 107 Å². The molecule has 1 aromatic carbocycles. The summed E-state index contributed by atoms with van der Waals surface area (Å²) in [6.07, 6.45) is -0.0776. The first kappa shape index (κ1) is 14.2. The fraction of sp³-hybridized carbons (Fsp3) is 0.462. The van der Waals surface area contributed by atoms with Gasteiger partial charge in [-0.1, -0.05) is 11.6 Å². The first-order chi connectivity index (χ1) is 8.13. The van der Waals surface area contributed by atoms with E-state index < -0.39 is 0 Å². The molecule has 0 saturated carbocycles. The molecule has 4 heteroatoms. The predicted molar refractivity (Wildman–Crippen MR) is 67.7 cm³/mol. The average molecular weight is 257 g/mol. The van der Waals surface area contributed by atoms with Crippen LogP contribution in [0.2, 0.25) is 5.02 Å². The van der Waals surface area contributed by atoms with Crippen molar-refractivity contribution in [3.8, 4) is 0 Å². The molecule has 0 aliphatic rings. The second-order valence-corrected chi connectivity index (χ2v) is 4.15. The Kier molecular flexibility index (Phi) is 6.19. The van der Waals surface area contributed by atoms with E-state index in [-0.39, 0.29) is 18.5 Å². The maximum atomic E-state index is 11.7. The number of hydrogen-bond acceptors (Lipinski definition) is 3. The molecule has 1 unspecified atom stereocenters. The third-order valence-corrected chi connectivity index (χ3v) is 2.47. The average Bonchev–Trinajstić information content (AvgIpc) is 2.34. The smallest absolute Gasteiger partial charge is 0.188 e. The van der Waals surface area contributed by atoms with Crippen molar-refractivity contribution >= 4 is 17.4 Å². The fourth-order valence-electron chi connectivity index (χ4n) is 1.27. The highest BCUT2D eigenvalue weighted by Gasteiger charge is 2.09. The van der Waals surface area contributed by atoms with Gasteiger partial charge in [-0.25, -0.2) is 0 Å².